The number of carbonyl (C=O) groups is 1. The van der Waals surface area contributed by atoms with Crippen LogP contribution < -0.4 is 5.11 Å². The van der Waals surface area contributed by atoms with E-state index in [0.717, 1.165) is 6.08 Å². The predicted octanol–water partition coefficient (Wildman–Crippen LogP) is -2.28. The number of carbonyl (C=O) groups excluding carboxylic acids is 1. The fraction of sp³-hybridized carbons (Fsp3) is 0. The molecule has 2 N–H and O–H groups in total. The Kier molecular flexibility index (Phi) is 21.6. The van der Waals surface area contributed by atoms with Crippen molar-refractivity contribution in [2.75, 3.05) is 0 Å². The second-order valence-corrected chi connectivity index (χ2v) is 0.523. The molecule has 0 aliphatic carbocycles. The van der Waals surface area contributed by atoms with E-state index >= 15 is 0 Å². The molecule has 0 saturated heterocycles. The van der Waals surface area contributed by atoms with Crippen molar-refractivity contribution in [3.8, 4) is 0 Å². The molecule has 0 saturated carbocycles. The third kappa shape index (κ3) is 21.4. The van der Waals surface area contributed by atoms with Crippen LogP contribution in [0.15, 0.2) is 12.7 Å². The standard InChI is InChI=1S/C3H4O2.Ca.H2O/c1-2-3(4)5;;/h2H,1H2,(H,4,5);;1H2/q;+2;/p-1. The van der Waals surface area contributed by atoms with Crippen LogP contribution >= 0.6 is 0 Å². The van der Waals surface area contributed by atoms with Gasteiger partial charge in [-0.3, -0.25) is 0 Å². The average molecular weight is 129 g/mol. The second-order valence-electron chi connectivity index (χ2n) is 0.523. The van der Waals surface area contributed by atoms with Gasteiger partial charge >= 0.3 is 37.7 Å². The molecule has 0 heterocycles. The number of hydrogen-bond acceptors (Lipinski definition) is 2. The van der Waals surface area contributed by atoms with Crippen LogP contribution in [0.1, 0.15) is 0 Å². The van der Waals surface area contributed by atoms with Crippen LogP contribution in [0.3, 0.4) is 0 Å². The van der Waals surface area contributed by atoms with Crippen molar-refractivity contribution in [3.05, 3.63) is 12.7 Å². The fourth-order valence-electron chi connectivity index (χ4n) is 0. The molecular formula is C3H5CaO3+. The zero-order chi connectivity index (χ0) is 4.28. The molecule has 0 spiro atoms. The summed E-state index contributed by atoms with van der Waals surface area (Å²) in [6.07, 6.45) is 0.722. The first-order valence-corrected chi connectivity index (χ1v) is 1.11. The van der Waals surface area contributed by atoms with Crippen LogP contribution in [-0.4, -0.2) is 49.2 Å². The maximum Gasteiger partial charge on any atom is 2.00 e. The number of hydrogen-bond donors (Lipinski definition) is 0. The minimum atomic E-state index is -1.23. The Bertz CT molecular complexity index is 61.2. The number of carboxylic acid groups (broad SMARTS) is 1. The molecular weight excluding hydrogens is 124 g/mol. The summed E-state index contributed by atoms with van der Waals surface area (Å²) in [7, 11) is 0. The smallest absolute Gasteiger partial charge is 0.545 e. The zero-order valence-corrected chi connectivity index (χ0v) is 6.02. The average Bonchev–Trinajstić information content (AvgIpc) is 1.38. The molecule has 0 aliphatic rings. The van der Waals surface area contributed by atoms with Crippen molar-refractivity contribution in [1.29, 1.82) is 0 Å². The summed E-state index contributed by atoms with van der Waals surface area (Å²) in [5.41, 5.74) is 0. The molecule has 0 rings (SSSR count). The third-order valence-corrected chi connectivity index (χ3v) is 0.167. The summed E-state index contributed by atoms with van der Waals surface area (Å²) in [4.78, 5) is 9.14. The van der Waals surface area contributed by atoms with Crippen LogP contribution in [0.25, 0.3) is 0 Å². The number of aliphatic carboxylic acids is 1. The van der Waals surface area contributed by atoms with E-state index < -0.39 is 5.97 Å². The van der Waals surface area contributed by atoms with Gasteiger partial charge in [0, 0.05) is 0 Å². The van der Waals surface area contributed by atoms with Crippen molar-refractivity contribution in [2.24, 2.45) is 0 Å². The molecule has 0 atom stereocenters. The quantitative estimate of drug-likeness (QED) is 0.295. The van der Waals surface area contributed by atoms with Gasteiger partial charge in [-0.2, -0.15) is 0 Å². The minimum Gasteiger partial charge on any atom is -0.545 e. The van der Waals surface area contributed by atoms with Crippen LogP contribution in [0.4, 0.5) is 0 Å². The van der Waals surface area contributed by atoms with E-state index in [0.29, 0.717) is 0 Å². The molecule has 0 aliphatic heterocycles. The van der Waals surface area contributed by atoms with Gasteiger partial charge < -0.3 is 15.4 Å². The summed E-state index contributed by atoms with van der Waals surface area (Å²) >= 11 is 0. The molecule has 0 amide bonds. The van der Waals surface area contributed by atoms with Crippen molar-refractivity contribution < 1.29 is 15.4 Å². The van der Waals surface area contributed by atoms with E-state index in [1.807, 2.05) is 0 Å². The molecule has 7 heavy (non-hydrogen) atoms. The summed E-state index contributed by atoms with van der Waals surface area (Å²) in [5, 5.41) is 9.14. The summed E-state index contributed by atoms with van der Waals surface area (Å²) in [6.45, 7) is 2.90. The molecule has 0 fully saturated rings. The van der Waals surface area contributed by atoms with Crippen molar-refractivity contribution in [2.45, 2.75) is 0 Å². The normalized spacial score (nSPS) is 4.57. The monoisotopic (exact) mass is 129 g/mol. The minimum absolute atomic E-state index is 0. The van der Waals surface area contributed by atoms with Gasteiger partial charge in [0.25, 0.3) is 0 Å². The predicted molar refractivity (Wildman–Crippen MR) is 24.6 cm³/mol. The summed E-state index contributed by atoms with van der Waals surface area (Å²) < 4.78 is 0. The Morgan fingerprint density at radius 1 is 1.71 bits per heavy atom. The van der Waals surface area contributed by atoms with Gasteiger partial charge in [0.05, 0.1) is 5.97 Å². The first kappa shape index (κ1) is 15.7. The molecule has 36 valence electrons. The molecule has 0 radical (unpaired) electrons. The Morgan fingerprint density at radius 3 is 1.86 bits per heavy atom. The van der Waals surface area contributed by atoms with Gasteiger partial charge in [-0.1, -0.05) is 6.58 Å². The van der Waals surface area contributed by atoms with E-state index in [9.17, 15) is 0 Å². The van der Waals surface area contributed by atoms with Gasteiger partial charge in [-0.25, -0.2) is 0 Å². The number of rotatable bonds is 1. The van der Waals surface area contributed by atoms with Gasteiger partial charge in [0.15, 0.2) is 0 Å². The van der Waals surface area contributed by atoms with Gasteiger partial charge in [-0.05, 0) is 6.08 Å². The zero-order valence-electron chi connectivity index (χ0n) is 3.81. The van der Waals surface area contributed by atoms with Crippen molar-refractivity contribution >= 4 is 43.7 Å². The molecule has 3 nitrogen and oxygen atoms in total. The first-order chi connectivity index (χ1) is 2.27. The van der Waals surface area contributed by atoms with E-state index in [1.54, 1.807) is 0 Å². The molecule has 4 heteroatoms. The van der Waals surface area contributed by atoms with Crippen LogP contribution in [0.5, 0.6) is 0 Å². The SMILES string of the molecule is C=CC(=O)[O-].O.[Ca+2]. The number of carboxylic acids is 1. The Balaban J connectivity index is -0.0000000800. The van der Waals surface area contributed by atoms with Gasteiger partial charge in [-0.15, -0.1) is 0 Å². The topological polar surface area (TPSA) is 71.6 Å². The van der Waals surface area contributed by atoms with E-state index in [4.69, 9.17) is 9.90 Å². The molecule has 0 bridgehead atoms. The van der Waals surface area contributed by atoms with Crippen LogP contribution in [-0.2, 0) is 4.79 Å². The van der Waals surface area contributed by atoms with E-state index in [-0.39, 0.29) is 43.2 Å². The maximum atomic E-state index is 9.14. The van der Waals surface area contributed by atoms with Crippen LogP contribution in [0.2, 0.25) is 0 Å². The van der Waals surface area contributed by atoms with Crippen molar-refractivity contribution in [3.63, 3.8) is 0 Å². The Hall–Kier alpha value is 0.430. The van der Waals surface area contributed by atoms with Gasteiger partial charge in [0.1, 0.15) is 0 Å². The third-order valence-electron chi connectivity index (χ3n) is 0.167. The Morgan fingerprint density at radius 2 is 1.86 bits per heavy atom. The second kappa shape index (κ2) is 9.66. The van der Waals surface area contributed by atoms with E-state index in [2.05, 4.69) is 6.58 Å². The fourth-order valence-corrected chi connectivity index (χ4v) is 0. The Labute approximate surface area is 71.3 Å². The molecule has 0 aromatic carbocycles. The van der Waals surface area contributed by atoms with Gasteiger partial charge in [0.2, 0.25) is 0 Å². The van der Waals surface area contributed by atoms with Crippen molar-refractivity contribution in [1.82, 2.24) is 0 Å². The molecule has 0 aromatic rings. The summed E-state index contributed by atoms with van der Waals surface area (Å²) in [5.74, 6) is -1.23. The maximum absolute atomic E-state index is 9.14. The largest absolute Gasteiger partial charge is 2.00 e. The molecule has 0 unspecified atom stereocenters. The first-order valence-electron chi connectivity index (χ1n) is 1.11. The van der Waals surface area contributed by atoms with E-state index in [1.165, 1.54) is 0 Å². The summed E-state index contributed by atoms with van der Waals surface area (Å²) in [6, 6.07) is 0. The molecule has 0 aromatic heterocycles. The van der Waals surface area contributed by atoms with Crippen LogP contribution in [0, 0.1) is 0 Å².